The lowest BCUT2D eigenvalue weighted by Gasteiger charge is -2.31. The molecule has 27 heavy (non-hydrogen) atoms. The Labute approximate surface area is 165 Å². The molecular formula is C20H19N3O2S2. The normalized spacial score (nSPS) is 16.9. The second kappa shape index (κ2) is 8.02. The largest absolute Gasteiger partial charge is 0.337 e. The highest BCUT2D eigenvalue weighted by atomic mass is 32.1. The Morgan fingerprint density at radius 1 is 1.19 bits per heavy atom. The van der Waals surface area contributed by atoms with Gasteiger partial charge >= 0.3 is 0 Å². The molecule has 5 nitrogen and oxygen atoms in total. The quantitative estimate of drug-likeness (QED) is 0.711. The molecule has 4 rings (SSSR count). The molecule has 1 unspecified atom stereocenters. The summed E-state index contributed by atoms with van der Waals surface area (Å²) in [6.07, 6.45) is 1.65. The molecule has 138 valence electrons. The van der Waals surface area contributed by atoms with E-state index < -0.39 is 0 Å². The van der Waals surface area contributed by atoms with Gasteiger partial charge in [0, 0.05) is 29.7 Å². The van der Waals surface area contributed by atoms with Crippen LogP contribution in [0.2, 0.25) is 0 Å². The zero-order valence-electron chi connectivity index (χ0n) is 14.6. The molecule has 3 heterocycles. The van der Waals surface area contributed by atoms with Gasteiger partial charge in [0.05, 0.1) is 22.0 Å². The lowest BCUT2D eigenvalue weighted by atomic mass is 9.96. The summed E-state index contributed by atoms with van der Waals surface area (Å²) in [4.78, 5) is 32.0. The Morgan fingerprint density at radius 3 is 2.74 bits per heavy atom. The molecule has 1 N–H and O–H groups in total. The molecular weight excluding hydrogens is 378 g/mol. The molecule has 7 heteroatoms. The van der Waals surface area contributed by atoms with E-state index in [1.807, 2.05) is 47.2 Å². The lowest BCUT2D eigenvalue weighted by Crippen LogP contribution is -2.43. The molecule has 2 amide bonds. The average Bonchev–Trinajstić information content (AvgIpc) is 3.42. The van der Waals surface area contributed by atoms with Crippen LogP contribution in [-0.2, 0) is 4.79 Å². The van der Waals surface area contributed by atoms with Crippen molar-refractivity contribution in [3.63, 3.8) is 0 Å². The minimum Gasteiger partial charge on any atom is -0.337 e. The van der Waals surface area contributed by atoms with Gasteiger partial charge < -0.3 is 10.2 Å². The zero-order valence-corrected chi connectivity index (χ0v) is 16.3. The number of thiazole rings is 1. The van der Waals surface area contributed by atoms with Gasteiger partial charge in [-0.05, 0) is 36.4 Å². The fourth-order valence-corrected chi connectivity index (χ4v) is 4.51. The molecule has 1 atom stereocenters. The minimum atomic E-state index is -0.180. The molecule has 3 aromatic rings. The summed E-state index contributed by atoms with van der Waals surface area (Å²) in [7, 11) is 0. The molecule has 0 spiro atoms. The Hall–Kier alpha value is -2.51. The van der Waals surface area contributed by atoms with E-state index in [1.165, 1.54) is 11.3 Å². The van der Waals surface area contributed by atoms with Gasteiger partial charge in [-0.3, -0.25) is 9.59 Å². The van der Waals surface area contributed by atoms with Crippen molar-refractivity contribution in [1.82, 2.24) is 9.88 Å². The molecule has 1 aromatic carbocycles. The SMILES string of the molecule is O=C(Nc1ccc(-c2cscn2)cc1)C1CCCN(C(=O)c2cccs2)C1. The first kappa shape index (κ1) is 17.9. The van der Waals surface area contributed by atoms with Crippen molar-refractivity contribution in [2.75, 3.05) is 18.4 Å². The van der Waals surface area contributed by atoms with Crippen molar-refractivity contribution in [3.8, 4) is 11.3 Å². The van der Waals surface area contributed by atoms with Crippen LogP contribution in [0.1, 0.15) is 22.5 Å². The monoisotopic (exact) mass is 397 g/mol. The summed E-state index contributed by atoms with van der Waals surface area (Å²) < 4.78 is 0. The molecule has 1 fully saturated rings. The van der Waals surface area contributed by atoms with Gasteiger partial charge in [-0.25, -0.2) is 4.98 Å². The topological polar surface area (TPSA) is 62.3 Å². The lowest BCUT2D eigenvalue weighted by molar-refractivity contribution is -0.121. The Morgan fingerprint density at radius 2 is 2.04 bits per heavy atom. The van der Waals surface area contributed by atoms with E-state index in [4.69, 9.17) is 0 Å². The van der Waals surface area contributed by atoms with Gasteiger partial charge in [0.25, 0.3) is 5.91 Å². The standard InChI is InChI=1S/C20H19N3O2S2/c24-19(22-16-7-5-14(6-8-16)17-12-26-13-21-17)15-3-1-9-23(11-15)20(25)18-4-2-10-27-18/h2,4-8,10,12-13,15H,1,3,9,11H2,(H,22,24). The number of thiophene rings is 1. The fraction of sp³-hybridized carbons (Fsp3) is 0.250. The summed E-state index contributed by atoms with van der Waals surface area (Å²) in [5, 5.41) is 6.88. The number of likely N-dealkylation sites (tertiary alicyclic amines) is 1. The number of amides is 2. The van der Waals surface area contributed by atoms with Crippen LogP contribution >= 0.6 is 22.7 Å². The molecule has 1 saturated heterocycles. The highest BCUT2D eigenvalue weighted by molar-refractivity contribution is 7.12. The first-order chi connectivity index (χ1) is 13.2. The number of rotatable bonds is 4. The van der Waals surface area contributed by atoms with Crippen LogP contribution in [0.3, 0.4) is 0 Å². The molecule has 2 aromatic heterocycles. The van der Waals surface area contributed by atoms with Crippen LogP contribution < -0.4 is 5.32 Å². The molecule has 0 radical (unpaired) electrons. The summed E-state index contributed by atoms with van der Waals surface area (Å²) in [6, 6.07) is 11.4. The summed E-state index contributed by atoms with van der Waals surface area (Å²) in [6.45, 7) is 1.18. The molecule has 0 saturated carbocycles. The number of carbonyl (C=O) groups is 2. The van der Waals surface area contributed by atoms with Crippen LogP contribution in [-0.4, -0.2) is 34.8 Å². The third-order valence-corrected chi connectivity index (χ3v) is 6.14. The number of hydrogen-bond acceptors (Lipinski definition) is 5. The van der Waals surface area contributed by atoms with E-state index in [9.17, 15) is 9.59 Å². The van der Waals surface area contributed by atoms with E-state index in [1.54, 1.807) is 21.7 Å². The summed E-state index contributed by atoms with van der Waals surface area (Å²) in [5.74, 6) is -0.184. The maximum absolute atomic E-state index is 12.7. The van der Waals surface area contributed by atoms with Crippen LogP contribution in [0.5, 0.6) is 0 Å². The predicted octanol–water partition coefficient (Wildman–Crippen LogP) is 4.36. The van der Waals surface area contributed by atoms with E-state index >= 15 is 0 Å². The highest BCUT2D eigenvalue weighted by Crippen LogP contribution is 2.24. The van der Waals surface area contributed by atoms with Gasteiger partial charge in [-0.15, -0.1) is 22.7 Å². The number of nitrogens with zero attached hydrogens (tertiary/aromatic N) is 2. The van der Waals surface area contributed by atoms with E-state index in [2.05, 4.69) is 10.3 Å². The van der Waals surface area contributed by atoms with Crippen LogP contribution in [0.25, 0.3) is 11.3 Å². The van der Waals surface area contributed by atoms with Gasteiger partial charge in [0.1, 0.15) is 0 Å². The number of hydrogen-bond donors (Lipinski definition) is 1. The van der Waals surface area contributed by atoms with Crippen molar-refractivity contribution in [2.24, 2.45) is 5.92 Å². The summed E-state index contributed by atoms with van der Waals surface area (Å²) in [5.41, 5.74) is 4.53. The minimum absolute atomic E-state index is 0.0233. The van der Waals surface area contributed by atoms with Crippen LogP contribution in [0.15, 0.2) is 52.7 Å². The molecule has 0 aliphatic carbocycles. The smallest absolute Gasteiger partial charge is 0.263 e. The Kier molecular flexibility index (Phi) is 5.31. The fourth-order valence-electron chi connectivity index (χ4n) is 3.26. The van der Waals surface area contributed by atoms with Gasteiger partial charge in [0.2, 0.25) is 5.91 Å². The van der Waals surface area contributed by atoms with Crippen LogP contribution in [0.4, 0.5) is 5.69 Å². The Bertz CT molecular complexity index is 905. The van der Waals surface area contributed by atoms with Crippen molar-refractivity contribution < 1.29 is 9.59 Å². The maximum Gasteiger partial charge on any atom is 0.263 e. The molecule has 1 aliphatic heterocycles. The van der Waals surface area contributed by atoms with Crippen LogP contribution in [0, 0.1) is 5.92 Å². The van der Waals surface area contributed by atoms with Crippen molar-refractivity contribution >= 4 is 40.2 Å². The third kappa shape index (κ3) is 4.09. The van der Waals surface area contributed by atoms with Crippen molar-refractivity contribution in [2.45, 2.75) is 12.8 Å². The second-order valence-corrected chi connectivity index (χ2v) is 8.17. The number of piperidine rings is 1. The number of carbonyl (C=O) groups excluding carboxylic acids is 2. The third-order valence-electron chi connectivity index (χ3n) is 4.69. The van der Waals surface area contributed by atoms with Gasteiger partial charge in [-0.1, -0.05) is 18.2 Å². The number of anilines is 1. The zero-order chi connectivity index (χ0) is 18.6. The molecule has 0 bridgehead atoms. The maximum atomic E-state index is 12.7. The van der Waals surface area contributed by atoms with E-state index in [0.29, 0.717) is 13.1 Å². The van der Waals surface area contributed by atoms with E-state index in [0.717, 1.165) is 34.7 Å². The first-order valence-corrected chi connectivity index (χ1v) is 10.7. The van der Waals surface area contributed by atoms with Gasteiger partial charge in [-0.2, -0.15) is 0 Å². The van der Waals surface area contributed by atoms with Gasteiger partial charge in [0.15, 0.2) is 0 Å². The second-order valence-electron chi connectivity index (χ2n) is 6.51. The summed E-state index contributed by atoms with van der Waals surface area (Å²) >= 11 is 3.00. The van der Waals surface area contributed by atoms with Crippen molar-refractivity contribution in [3.05, 3.63) is 57.5 Å². The van der Waals surface area contributed by atoms with E-state index in [-0.39, 0.29) is 17.7 Å². The number of benzene rings is 1. The average molecular weight is 398 g/mol. The number of nitrogens with one attached hydrogen (secondary N) is 1. The van der Waals surface area contributed by atoms with Crippen molar-refractivity contribution in [1.29, 1.82) is 0 Å². The first-order valence-electron chi connectivity index (χ1n) is 8.83. The predicted molar refractivity (Wildman–Crippen MR) is 109 cm³/mol. The number of aromatic nitrogens is 1. The molecule has 1 aliphatic rings. The highest BCUT2D eigenvalue weighted by Gasteiger charge is 2.29. The Balaban J connectivity index is 1.38.